The van der Waals surface area contributed by atoms with Crippen LogP contribution in [0.25, 0.3) is 16.6 Å². The molecular weight excluding hydrogens is 430 g/mol. The van der Waals surface area contributed by atoms with E-state index >= 15 is 0 Å². The molecule has 9 nitrogen and oxygen atoms in total. The van der Waals surface area contributed by atoms with Gasteiger partial charge in [-0.15, -0.1) is 0 Å². The molecule has 0 spiro atoms. The quantitative estimate of drug-likeness (QED) is 0.443. The third-order valence-electron chi connectivity index (χ3n) is 6.02. The van der Waals surface area contributed by atoms with Gasteiger partial charge in [-0.3, -0.25) is 14.2 Å². The highest BCUT2D eigenvalue weighted by molar-refractivity contribution is 6.00. The van der Waals surface area contributed by atoms with Crippen LogP contribution in [0.5, 0.6) is 0 Å². The van der Waals surface area contributed by atoms with Crippen LogP contribution in [0.15, 0.2) is 59.8 Å². The molecule has 0 amide bonds. The van der Waals surface area contributed by atoms with Crippen molar-refractivity contribution in [2.24, 2.45) is 0 Å². The lowest BCUT2D eigenvalue weighted by Crippen LogP contribution is -2.43. The maximum absolute atomic E-state index is 13.4. The molecule has 0 bridgehead atoms. The minimum Gasteiger partial charge on any atom is -0.353 e. The molecule has 0 atom stereocenters. The number of benzene rings is 1. The fourth-order valence-corrected chi connectivity index (χ4v) is 4.33. The molecule has 0 unspecified atom stereocenters. The first kappa shape index (κ1) is 21.7. The molecule has 1 aliphatic heterocycles. The summed E-state index contributed by atoms with van der Waals surface area (Å²) in [6, 6.07) is 11.1. The summed E-state index contributed by atoms with van der Waals surface area (Å²) in [5.41, 5.74) is 1.78. The highest BCUT2D eigenvalue weighted by Crippen LogP contribution is 2.25. The van der Waals surface area contributed by atoms with Crippen LogP contribution in [0.3, 0.4) is 0 Å². The highest BCUT2D eigenvalue weighted by atomic mass is 16.1. The van der Waals surface area contributed by atoms with E-state index in [0.29, 0.717) is 28.4 Å². The minimum atomic E-state index is -0.346. The Hall–Kier alpha value is -4.11. The Morgan fingerprint density at radius 3 is 2.41 bits per heavy atom. The summed E-state index contributed by atoms with van der Waals surface area (Å²) in [6.07, 6.45) is 5.11. The molecule has 0 radical (unpaired) electrons. The molecule has 9 heteroatoms. The molecule has 34 heavy (non-hydrogen) atoms. The molecular formula is C25H25N7O2. The van der Waals surface area contributed by atoms with E-state index < -0.39 is 0 Å². The monoisotopic (exact) mass is 455 g/mol. The Kier molecular flexibility index (Phi) is 5.77. The van der Waals surface area contributed by atoms with Crippen LogP contribution in [0.2, 0.25) is 0 Å². The lowest BCUT2D eigenvalue weighted by Gasteiger charge is -2.28. The Balaban J connectivity index is 1.56. The van der Waals surface area contributed by atoms with Gasteiger partial charge in [0, 0.05) is 49.5 Å². The number of hydrogen-bond donors (Lipinski definition) is 2. The van der Waals surface area contributed by atoms with Gasteiger partial charge in [0.25, 0.3) is 5.56 Å². The highest BCUT2D eigenvalue weighted by Gasteiger charge is 2.19. The van der Waals surface area contributed by atoms with Gasteiger partial charge in [-0.05, 0) is 31.5 Å². The number of para-hydroxylation sites is 1. The van der Waals surface area contributed by atoms with Crippen LogP contribution in [0.1, 0.15) is 22.8 Å². The van der Waals surface area contributed by atoms with Crippen molar-refractivity contribution in [3.8, 4) is 5.69 Å². The predicted molar refractivity (Wildman–Crippen MR) is 132 cm³/mol. The van der Waals surface area contributed by atoms with Gasteiger partial charge >= 0.3 is 0 Å². The lowest BCUT2D eigenvalue weighted by molar-refractivity contribution is 0.101. The van der Waals surface area contributed by atoms with Crippen molar-refractivity contribution in [3.63, 3.8) is 0 Å². The van der Waals surface area contributed by atoms with Crippen molar-refractivity contribution in [1.29, 1.82) is 0 Å². The number of anilines is 3. The van der Waals surface area contributed by atoms with Crippen molar-refractivity contribution in [3.05, 3.63) is 76.5 Å². The molecule has 1 fully saturated rings. The maximum atomic E-state index is 13.4. The maximum Gasteiger partial charge on any atom is 0.266 e. The molecule has 1 aliphatic rings. The zero-order valence-electron chi connectivity index (χ0n) is 19.1. The van der Waals surface area contributed by atoms with Gasteiger partial charge in [0.1, 0.15) is 17.5 Å². The largest absolute Gasteiger partial charge is 0.353 e. The number of aryl methyl sites for hydroxylation is 1. The Bertz CT molecular complexity index is 1410. The van der Waals surface area contributed by atoms with E-state index in [1.54, 1.807) is 36.1 Å². The molecule has 4 aromatic rings. The SMILES string of the molecule is CC(=O)c1c(C)c2cnc(Nc3cnc(N4CCNCC4)cn3)cc2n(-c2ccccc2)c1=O. The number of carbonyl (C=O) groups is 1. The van der Waals surface area contributed by atoms with Crippen LogP contribution in [-0.2, 0) is 0 Å². The lowest BCUT2D eigenvalue weighted by atomic mass is 10.0. The Morgan fingerprint density at radius 2 is 1.74 bits per heavy atom. The fourth-order valence-electron chi connectivity index (χ4n) is 4.33. The number of ketones is 1. The summed E-state index contributed by atoms with van der Waals surface area (Å²) in [5.74, 6) is 1.65. The van der Waals surface area contributed by atoms with Crippen molar-refractivity contribution in [2.45, 2.75) is 13.8 Å². The third kappa shape index (κ3) is 4.01. The van der Waals surface area contributed by atoms with Crippen LogP contribution in [0, 0.1) is 6.92 Å². The number of carbonyl (C=O) groups excluding carboxylic acids is 1. The van der Waals surface area contributed by atoms with Crippen molar-refractivity contribution in [2.75, 3.05) is 36.4 Å². The van der Waals surface area contributed by atoms with Gasteiger partial charge in [0.05, 0.1) is 23.5 Å². The average Bonchev–Trinajstić information content (AvgIpc) is 2.85. The van der Waals surface area contributed by atoms with Gasteiger partial charge in [-0.2, -0.15) is 0 Å². The van der Waals surface area contributed by atoms with Gasteiger partial charge in [0.15, 0.2) is 5.78 Å². The second-order valence-electron chi connectivity index (χ2n) is 8.24. The minimum absolute atomic E-state index is 0.174. The molecule has 0 aliphatic carbocycles. The molecule has 0 saturated carbocycles. The zero-order valence-corrected chi connectivity index (χ0v) is 19.1. The van der Waals surface area contributed by atoms with Gasteiger partial charge < -0.3 is 15.5 Å². The molecule has 1 saturated heterocycles. The molecule has 5 rings (SSSR count). The van der Waals surface area contributed by atoms with Gasteiger partial charge in [-0.1, -0.05) is 18.2 Å². The zero-order chi connectivity index (χ0) is 23.7. The third-order valence-corrected chi connectivity index (χ3v) is 6.02. The second kappa shape index (κ2) is 9.03. The number of nitrogens with one attached hydrogen (secondary N) is 2. The average molecular weight is 456 g/mol. The Labute approximate surface area is 196 Å². The van der Waals surface area contributed by atoms with Gasteiger partial charge in [0.2, 0.25) is 0 Å². The van der Waals surface area contributed by atoms with E-state index in [0.717, 1.165) is 37.4 Å². The van der Waals surface area contributed by atoms with E-state index in [2.05, 4.69) is 30.5 Å². The summed E-state index contributed by atoms with van der Waals surface area (Å²) in [6.45, 7) is 6.84. The Morgan fingerprint density at radius 1 is 1.00 bits per heavy atom. The number of rotatable bonds is 5. The topological polar surface area (TPSA) is 105 Å². The van der Waals surface area contributed by atoms with Crippen LogP contribution in [0.4, 0.5) is 17.5 Å². The smallest absolute Gasteiger partial charge is 0.266 e. The summed E-state index contributed by atoms with van der Waals surface area (Å²) in [5, 5.41) is 7.24. The number of nitrogens with zero attached hydrogens (tertiary/aromatic N) is 5. The van der Waals surface area contributed by atoms with E-state index in [1.807, 2.05) is 30.3 Å². The summed E-state index contributed by atoms with van der Waals surface area (Å²) in [4.78, 5) is 41.4. The second-order valence-corrected chi connectivity index (χ2v) is 8.24. The predicted octanol–water partition coefficient (Wildman–Crippen LogP) is 2.84. The molecule has 172 valence electrons. The van der Waals surface area contributed by atoms with E-state index in [1.165, 1.54) is 6.92 Å². The van der Waals surface area contributed by atoms with Crippen LogP contribution >= 0.6 is 0 Å². The fraction of sp³-hybridized carbons (Fsp3) is 0.240. The van der Waals surface area contributed by atoms with E-state index in [-0.39, 0.29) is 16.9 Å². The van der Waals surface area contributed by atoms with E-state index in [9.17, 15) is 9.59 Å². The number of aromatic nitrogens is 4. The van der Waals surface area contributed by atoms with Gasteiger partial charge in [-0.25, -0.2) is 15.0 Å². The number of hydrogen-bond acceptors (Lipinski definition) is 8. The summed E-state index contributed by atoms with van der Waals surface area (Å²) < 4.78 is 1.56. The molecule has 2 N–H and O–H groups in total. The van der Waals surface area contributed by atoms with Crippen molar-refractivity contribution < 1.29 is 4.79 Å². The number of fused-ring (bicyclic) bond motifs is 1. The van der Waals surface area contributed by atoms with E-state index in [4.69, 9.17) is 0 Å². The molecule has 4 heterocycles. The number of Topliss-reactive ketones (excluding diaryl/α,β-unsaturated/α-hetero) is 1. The number of pyridine rings is 2. The summed E-state index contributed by atoms with van der Waals surface area (Å²) >= 11 is 0. The van der Waals surface area contributed by atoms with Crippen molar-refractivity contribution in [1.82, 2.24) is 24.8 Å². The molecule has 3 aromatic heterocycles. The summed E-state index contributed by atoms with van der Waals surface area (Å²) in [7, 11) is 0. The first-order valence-electron chi connectivity index (χ1n) is 11.2. The van der Waals surface area contributed by atoms with Crippen LogP contribution < -0.4 is 21.1 Å². The first-order chi connectivity index (χ1) is 16.5. The van der Waals surface area contributed by atoms with Crippen molar-refractivity contribution >= 4 is 34.1 Å². The molecule has 1 aromatic carbocycles. The number of piperazine rings is 1. The first-order valence-corrected chi connectivity index (χ1v) is 11.2. The normalized spacial score (nSPS) is 13.8. The van der Waals surface area contributed by atoms with Crippen LogP contribution in [-0.4, -0.2) is 51.5 Å². The standard InChI is InChI=1S/C25H25N7O2/c1-16-19-13-27-21(30-22-14-29-23(15-28-22)31-10-8-26-9-11-31)12-20(19)32(18-6-4-3-5-7-18)25(34)24(16)17(2)33/h3-7,12-15,26H,8-11H2,1-2H3,(H,27,28,30).